The molecule has 1 unspecified atom stereocenters. The number of rotatable bonds is 7. The molecule has 4 heteroatoms. The van der Waals surface area contributed by atoms with Crippen molar-refractivity contribution in [1.29, 1.82) is 0 Å². The normalized spacial score (nSPS) is 20.4. The van der Waals surface area contributed by atoms with Gasteiger partial charge in [0.15, 0.2) is 0 Å². The fraction of sp³-hybridized carbons (Fsp3) is 0.812. The van der Waals surface area contributed by atoms with Crippen molar-refractivity contribution >= 4 is 0 Å². The lowest BCUT2D eigenvalue weighted by atomic mass is 9.99. The summed E-state index contributed by atoms with van der Waals surface area (Å²) in [4.78, 5) is 2.67. The monoisotopic (exact) mass is 278 g/mol. The molecule has 0 spiro atoms. The van der Waals surface area contributed by atoms with Gasteiger partial charge in [-0.25, -0.2) is 0 Å². The number of aryl methyl sites for hydroxylation is 2. The van der Waals surface area contributed by atoms with Gasteiger partial charge >= 0.3 is 0 Å². The van der Waals surface area contributed by atoms with Crippen molar-refractivity contribution in [1.82, 2.24) is 20.0 Å². The maximum Gasteiger partial charge on any atom is 0.0625 e. The van der Waals surface area contributed by atoms with E-state index in [1.54, 1.807) is 0 Å². The highest BCUT2D eigenvalue weighted by molar-refractivity contribution is 5.10. The van der Waals surface area contributed by atoms with Crippen LogP contribution in [0.4, 0.5) is 0 Å². The number of piperidine rings is 1. The summed E-state index contributed by atoms with van der Waals surface area (Å²) in [5.74, 6) is 0. The van der Waals surface area contributed by atoms with Gasteiger partial charge in [0.1, 0.15) is 0 Å². The molecule has 0 aromatic carbocycles. The molecule has 1 N–H and O–H groups in total. The highest BCUT2D eigenvalue weighted by Crippen LogP contribution is 2.22. The van der Waals surface area contributed by atoms with Crippen LogP contribution in [0.5, 0.6) is 0 Å². The predicted octanol–water partition coefficient (Wildman–Crippen LogP) is 2.43. The molecule has 1 aromatic rings. The minimum atomic E-state index is 0.737. The zero-order valence-electron chi connectivity index (χ0n) is 13.4. The van der Waals surface area contributed by atoms with Crippen molar-refractivity contribution in [3.05, 3.63) is 17.5 Å². The van der Waals surface area contributed by atoms with Crippen molar-refractivity contribution in [3.63, 3.8) is 0 Å². The van der Waals surface area contributed by atoms with Crippen LogP contribution in [0.1, 0.15) is 50.9 Å². The summed E-state index contributed by atoms with van der Waals surface area (Å²) >= 11 is 0. The van der Waals surface area contributed by atoms with Crippen molar-refractivity contribution < 1.29 is 0 Å². The Labute approximate surface area is 123 Å². The Morgan fingerprint density at radius 1 is 1.35 bits per heavy atom. The third-order valence-corrected chi connectivity index (χ3v) is 4.42. The molecular formula is C16H30N4. The van der Waals surface area contributed by atoms with E-state index >= 15 is 0 Å². The molecular weight excluding hydrogens is 248 g/mol. The minimum Gasteiger partial charge on any atom is -0.320 e. The van der Waals surface area contributed by atoms with Gasteiger partial charge in [0.25, 0.3) is 0 Å². The SMILES string of the molecule is CCc1cc(CN2CCCCC2CCNC)n(CC)n1. The Balaban J connectivity index is 2.03. The van der Waals surface area contributed by atoms with Gasteiger partial charge in [-0.1, -0.05) is 13.3 Å². The van der Waals surface area contributed by atoms with Crippen LogP contribution in [0.25, 0.3) is 0 Å². The summed E-state index contributed by atoms with van der Waals surface area (Å²) in [5.41, 5.74) is 2.62. The van der Waals surface area contributed by atoms with E-state index in [9.17, 15) is 0 Å². The fourth-order valence-electron chi connectivity index (χ4n) is 3.20. The summed E-state index contributed by atoms with van der Waals surface area (Å²) in [5, 5.41) is 7.97. The Hall–Kier alpha value is -0.870. The molecule has 1 aromatic heterocycles. The average Bonchev–Trinajstić information content (AvgIpc) is 2.88. The quantitative estimate of drug-likeness (QED) is 0.831. The first kappa shape index (κ1) is 15.5. The van der Waals surface area contributed by atoms with E-state index in [4.69, 9.17) is 0 Å². The van der Waals surface area contributed by atoms with E-state index in [1.807, 2.05) is 7.05 Å². The molecule has 1 aliphatic rings. The van der Waals surface area contributed by atoms with Crippen LogP contribution in [0.3, 0.4) is 0 Å². The van der Waals surface area contributed by atoms with Crippen LogP contribution < -0.4 is 5.32 Å². The molecule has 2 heterocycles. The zero-order valence-corrected chi connectivity index (χ0v) is 13.4. The van der Waals surface area contributed by atoms with Crippen molar-refractivity contribution in [2.75, 3.05) is 20.1 Å². The summed E-state index contributed by atoms with van der Waals surface area (Å²) in [6, 6.07) is 3.04. The van der Waals surface area contributed by atoms with Gasteiger partial charge in [0.05, 0.1) is 11.4 Å². The predicted molar refractivity (Wildman–Crippen MR) is 83.9 cm³/mol. The smallest absolute Gasteiger partial charge is 0.0625 e. The molecule has 20 heavy (non-hydrogen) atoms. The minimum absolute atomic E-state index is 0.737. The number of likely N-dealkylation sites (tertiary alicyclic amines) is 1. The fourth-order valence-corrected chi connectivity index (χ4v) is 3.20. The highest BCUT2D eigenvalue weighted by atomic mass is 15.3. The standard InChI is InChI=1S/C16H30N4/c1-4-14-12-16(20(5-2)18-14)13-19-11-7-6-8-15(19)9-10-17-3/h12,15,17H,4-11,13H2,1-3H3. The summed E-state index contributed by atoms with van der Waals surface area (Å²) in [6.45, 7) is 8.77. The first-order valence-corrected chi connectivity index (χ1v) is 8.22. The highest BCUT2D eigenvalue weighted by Gasteiger charge is 2.23. The van der Waals surface area contributed by atoms with E-state index in [2.05, 4.69) is 39.9 Å². The Morgan fingerprint density at radius 2 is 2.20 bits per heavy atom. The molecule has 4 nitrogen and oxygen atoms in total. The second-order valence-corrected chi connectivity index (χ2v) is 5.81. The number of aromatic nitrogens is 2. The lowest BCUT2D eigenvalue weighted by Gasteiger charge is -2.35. The topological polar surface area (TPSA) is 33.1 Å². The van der Waals surface area contributed by atoms with Crippen LogP contribution >= 0.6 is 0 Å². The molecule has 114 valence electrons. The van der Waals surface area contributed by atoms with Gasteiger partial charge in [0.2, 0.25) is 0 Å². The first-order valence-electron chi connectivity index (χ1n) is 8.22. The maximum absolute atomic E-state index is 4.68. The summed E-state index contributed by atoms with van der Waals surface area (Å²) in [6.07, 6.45) is 6.37. The van der Waals surface area contributed by atoms with Gasteiger partial charge in [-0.2, -0.15) is 5.10 Å². The number of hydrogen-bond acceptors (Lipinski definition) is 3. The van der Waals surface area contributed by atoms with E-state index < -0.39 is 0 Å². The van der Waals surface area contributed by atoms with Crippen LogP contribution in [-0.2, 0) is 19.5 Å². The van der Waals surface area contributed by atoms with Gasteiger partial charge in [-0.15, -0.1) is 0 Å². The second kappa shape index (κ2) is 7.79. The van der Waals surface area contributed by atoms with Gasteiger partial charge in [-0.05, 0) is 58.8 Å². The largest absolute Gasteiger partial charge is 0.320 e. The Morgan fingerprint density at radius 3 is 2.90 bits per heavy atom. The molecule has 0 amide bonds. The van der Waals surface area contributed by atoms with Gasteiger partial charge < -0.3 is 5.32 Å². The molecule has 1 fully saturated rings. The summed E-state index contributed by atoms with van der Waals surface area (Å²) in [7, 11) is 2.05. The Bertz CT molecular complexity index is 399. The van der Waals surface area contributed by atoms with E-state index in [1.165, 1.54) is 43.6 Å². The first-order chi connectivity index (χ1) is 9.78. The van der Waals surface area contributed by atoms with Crippen molar-refractivity contribution in [2.24, 2.45) is 0 Å². The number of nitrogens with one attached hydrogen (secondary N) is 1. The Kier molecular flexibility index (Phi) is 6.05. The molecule has 1 saturated heterocycles. The third kappa shape index (κ3) is 3.83. The maximum atomic E-state index is 4.68. The lowest BCUT2D eigenvalue weighted by Crippen LogP contribution is -2.40. The molecule has 1 aliphatic heterocycles. The zero-order chi connectivity index (χ0) is 14.4. The van der Waals surface area contributed by atoms with E-state index in [0.717, 1.165) is 32.1 Å². The van der Waals surface area contributed by atoms with Gasteiger partial charge in [-0.3, -0.25) is 9.58 Å². The molecule has 1 atom stereocenters. The average molecular weight is 278 g/mol. The van der Waals surface area contributed by atoms with Crippen LogP contribution in [0.15, 0.2) is 6.07 Å². The van der Waals surface area contributed by atoms with Crippen molar-refractivity contribution in [3.8, 4) is 0 Å². The molecule has 0 aliphatic carbocycles. The van der Waals surface area contributed by atoms with E-state index in [0.29, 0.717) is 0 Å². The van der Waals surface area contributed by atoms with Crippen LogP contribution in [-0.4, -0.2) is 40.9 Å². The lowest BCUT2D eigenvalue weighted by molar-refractivity contribution is 0.129. The second-order valence-electron chi connectivity index (χ2n) is 5.81. The number of nitrogens with zero attached hydrogens (tertiary/aromatic N) is 3. The summed E-state index contributed by atoms with van der Waals surface area (Å²) < 4.78 is 2.18. The van der Waals surface area contributed by atoms with Crippen LogP contribution in [0, 0.1) is 0 Å². The van der Waals surface area contributed by atoms with Crippen molar-refractivity contribution in [2.45, 2.75) is 65.1 Å². The molecule has 0 radical (unpaired) electrons. The molecule has 0 bridgehead atoms. The van der Waals surface area contributed by atoms with Gasteiger partial charge in [0, 0.05) is 19.1 Å². The molecule has 2 rings (SSSR count). The molecule has 0 saturated carbocycles. The number of hydrogen-bond donors (Lipinski definition) is 1. The van der Waals surface area contributed by atoms with Crippen LogP contribution in [0.2, 0.25) is 0 Å². The van der Waals surface area contributed by atoms with E-state index in [-0.39, 0.29) is 0 Å². The third-order valence-electron chi connectivity index (χ3n) is 4.42.